The Morgan fingerprint density at radius 2 is 2.00 bits per heavy atom. The quantitative estimate of drug-likeness (QED) is 0.652. The fourth-order valence-corrected chi connectivity index (χ4v) is 2.57. The molecule has 0 saturated carbocycles. The fraction of sp³-hybridized carbons (Fsp3) is 0.333. The number of fused-ring (bicyclic) bond motifs is 1. The van der Waals surface area contributed by atoms with E-state index < -0.39 is 0 Å². The summed E-state index contributed by atoms with van der Waals surface area (Å²) in [5.41, 5.74) is 6.06. The number of nitrogens with zero attached hydrogens (tertiary/aromatic N) is 2. The molecule has 0 amide bonds. The summed E-state index contributed by atoms with van der Waals surface area (Å²) >= 11 is 0. The number of aromatic nitrogens is 2. The zero-order valence-electron chi connectivity index (χ0n) is 11.4. The molecule has 0 saturated heterocycles. The summed E-state index contributed by atoms with van der Waals surface area (Å²) in [7, 11) is 0. The number of halogens is 1. The molecule has 0 spiro atoms. The van der Waals surface area contributed by atoms with Crippen LogP contribution >= 0.6 is 0 Å². The first-order valence-electron chi connectivity index (χ1n) is 6.82. The van der Waals surface area contributed by atoms with Gasteiger partial charge < -0.3 is 5.43 Å². The van der Waals surface area contributed by atoms with Crippen molar-refractivity contribution in [2.45, 2.75) is 32.6 Å². The normalized spacial score (nSPS) is 13.9. The van der Waals surface area contributed by atoms with E-state index in [2.05, 4.69) is 15.4 Å². The van der Waals surface area contributed by atoms with Gasteiger partial charge in [-0.15, -0.1) is 0 Å². The van der Waals surface area contributed by atoms with Crippen LogP contribution in [0.25, 0.3) is 11.4 Å². The van der Waals surface area contributed by atoms with Crippen molar-refractivity contribution in [2.24, 2.45) is 5.84 Å². The number of aryl methyl sites for hydroxylation is 2. The summed E-state index contributed by atoms with van der Waals surface area (Å²) in [6, 6.07) is 5.05. The van der Waals surface area contributed by atoms with Crippen LogP contribution in [0, 0.1) is 12.7 Å². The lowest BCUT2D eigenvalue weighted by molar-refractivity contribution is 0.618. The lowest BCUT2D eigenvalue weighted by atomic mass is 9.96. The van der Waals surface area contributed by atoms with Crippen molar-refractivity contribution < 1.29 is 4.39 Å². The second-order valence-electron chi connectivity index (χ2n) is 5.14. The molecule has 1 aromatic carbocycles. The highest BCUT2D eigenvalue weighted by Crippen LogP contribution is 2.28. The van der Waals surface area contributed by atoms with Crippen LogP contribution in [0.5, 0.6) is 0 Å². The van der Waals surface area contributed by atoms with Gasteiger partial charge in [0.15, 0.2) is 5.82 Å². The molecule has 1 aliphatic carbocycles. The standard InChI is InChI=1S/C15H17FN4/c1-9-6-7-10(8-12(9)16)14-18-13-5-3-2-4-11(13)15(19-14)20-17/h6-8H,2-5,17H2,1H3,(H,18,19,20). The van der Waals surface area contributed by atoms with E-state index in [0.717, 1.165) is 36.9 Å². The number of nitrogens with two attached hydrogens (primary N) is 1. The average Bonchev–Trinajstić information content (AvgIpc) is 2.49. The van der Waals surface area contributed by atoms with Crippen molar-refractivity contribution in [2.75, 3.05) is 5.43 Å². The molecule has 0 radical (unpaired) electrons. The zero-order valence-corrected chi connectivity index (χ0v) is 11.4. The van der Waals surface area contributed by atoms with Gasteiger partial charge in [0, 0.05) is 16.8 Å². The lowest BCUT2D eigenvalue weighted by Gasteiger charge is -2.18. The highest BCUT2D eigenvalue weighted by atomic mass is 19.1. The third-order valence-corrected chi connectivity index (χ3v) is 3.75. The van der Waals surface area contributed by atoms with Gasteiger partial charge in [-0.1, -0.05) is 12.1 Å². The molecule has 3 rings (SSSR count). The molecule has 3 N–H and O–H groups in total. The molecule has 0 unspecified atom stereocenters. The third-order valence-electron chi connectivity index (χ3n) is 3.75. The topological polar surface area (TPSA) is 63.8 Å². The van der Waals surface area contributed by atoms with Crippen molar-refractivity contribution in [1.82, 2.24) is 9.97 Å². The summed E-state index contributed by atoms with van der Waals surface area (Å²) in [6.07, 6.45) is 4.12. The van der Waals surface area contributed by atoms with E-state index in [1.807, 2.05) is 6.07 Å². The Morgan fingerprint density at radius 1 is 1.20 bits per heavy atom. The smallest absolute Gasteiger partial charge is 0.161 e. The minimum atomic E-state index is -0.244. The first-order chi connectivity index (χ1) is 9.69. The van der Waals surface area contributed by atoms with E-state index in [1.54, 1.807) is 13.0 Å². The van der Waals surface area contributed by atoms with Crippen LogP contribution in [-0.2, 0) is 12.8 Å². The molecule has 0 aliphatic heterocycles. The largest absolute Gasteiger partial charge is 0.308 e. The second-order valence-corrected chi connectivity index (χ2v) is 5.14. The van der Waals surface area contributed by atoms with E-state index in [1.165, 1.54) is 6.07 Å². The first-order valence-corrected chi connectivity index (χ1v) is 6.82. The predicted molar refractivity (Wildman–Crippen MR) is 76.6 cm³/mol. The number of hydrogen-bond acceptors (Lipinski definition) is 4. The van der Waals surface area contributed by atoms with Crippen LogP contribution in [0.1, 0.15) is 29.7 Å². The van der Waals surface area contributed by atoms with E-state index in [4.69, 9.17) is 5.84 Å². The van der Waals surface area contributed by atoms with Crippen LogP contribution < -0.4 is 11.3 Å². The first kappa shape index (κ1) is 13.0. The maximum atomic E-state index is 13.7. The van der Waals surface area contributed by atoms with Gasteiger partial charge >= 0.3 is 0 Å². The Morgan fingerprint density at radius 3 is 2.75 bits per heavy atom. The van der Waals surface area contributed by atoms with Gasteiger partial charge in [-0.2, -0.15) is 0 Å². The Balaban J connectivity index is 2.11. The van der Waals surface area contributed by atoms with Gasteiger partial charge in [-0.3, -0.25) is 0 Å². The SMILES string of the molecule is Cc1ccc(-c2nc3c(c(NN)n2)CCCC3)cc1F. The van der Waals surface area contributed by atoms with Crippen LogP contribution in [0.15, 0.2) is 18.2 Å². The summed E-state index contributed by atoms with van der Waals surface area (Å²) in [6.45, 7) is 1.74. The molecular formula is C15H17FN4. The van der Waals surface area contributed by atoms with Crippen molar-refractivity contribution >= 4 is 5.82 Å². The lowest BCUT2D eigenvalue weighted by Crippen LogP contribution is -2.17. The monoisotopic (exact) mass is 272 g/mol. The van der Waals surface area contributed by atoms with Crippen molar-refractivity contribution in [1.29, 1.82) is 0 Å². The van der Waals surface area contributed by atoms with Gasteiger partial charge in [0.2, 0.25) is 0 Å². The highest BCUT2D eigenvalue weighted by Gasteiger charge is 2.18. The molecule has 0 bridgehead atoms. The summed E-state index contributed by atoms with van der Waals surface area (Å²) in [5, 5.41) is 0. The number of hydrazine groups is 1. The van der Waals surface area contributed by atoms with Crippen LogP contribution in [0.4, 0.5) is 10.2 Å². The molecule has 0 atom stereocenters. The van der Waals surface area contributed by atoms with E-state index in [9.17, 15) is 4.39 Å². The Kier molecular flexibility index (Phi) is 3.36. The number of rotatable bonds is 2. The Labute approximate surface area is 117 Å². The number of nitrogens with one attached hydrogen (secondary N) is 1. The third kappa shape index (κ3) is 2.25. The van der Waals surface area contributed by atoms with Crippen LogP contribution in [0.3, 0.4) is 0 Å². The van der Waals surface area contributed by atoms with Crippen LogP contribution in [-0.4, -0.2) is 9.97 Å². The summed E-state index contributed by atoms with van der Waals surface area (Å²) in [4.78, 5) is 9.02. The van der Waals surface area contributed by atoms with Crippen molar-refractivity contribution in [3.8, 4) is 11.4 Å². The van der Waals surface area contributed by atoms with E-state index in [0.29, 0.717) is 22.8 Å². The average molecular weight is 272 g/mol. The number of hydrogen-bond donors (Lipinski definition) is 2. The summed E-state index contributed by atoms with van der Waals surface area (Å²) in [5.74, 6) is 6.50. The molecule has 4 nitrogen and oxygen atoms in total. The molecule has 5 heteroatoms. The van der Waals surface area contributed by atoms with Crippen molar-refractivity contribution in [3.05, 3.63) is 40.8 Å². The maximum Gasteiger partial charge on any atom is 0.161 e. The van der Waals surface area contributed by atoms with Crippen molar-refractivity contribution in [3.63, 3.8) is 0 Å². The molecule has 0 fully saturated rings. The number of benzene rings is 1. The number of nitrogen functional groups attached to an aromatic ring is 1. The zero-order chi connectivity index (χ0) is 14.1. The molecule has 2 aromatic rings. The van der Waals surface area contributed by atoms with E-state index >= 15 is 0 Å². The molecule has 104 valence electrons. The molecular weight excluding hydrogens is 255 g/mol. The molecule has 1 aliphatic rings. The van der Waals surface area contributed by atoms with Gasteiger partial charge in [0.1, 0.15) is 11.6 Å². The maximum absolute atomic E-state index is 13.7. The van der Waals surface area contributed by atoms with Gasteiger partial charge in [0.25, 0.3) is 0 Å². The minimum absolute atomic E-state index is 0.244. The molecule has 1 heterocycles. The predicted octanol–water partition coefficient (Wildman–Crippen LogP) is 2.76. The van der Waals surface area contributed by atoms with Gasteiger partial charge in [-0.05, 0) is 44.2 Å². The molecule has 1 aromatic heterocycles. The van der Waals surface area contributed by atoms with E-state index in [-0.39, 0.29) is 5.82 Å². The molecule has 20 heavy (non-hydrogen) atoms. The Hall–Kier alpha value is -2.01. The number of anilines is 1. The van der Waals surface area contributed by atoms with Gasteiger partial charge in [0.05, 0.1) is 0 Å². The highest BCUT2D eigenvalue weighted by molar-refractivity contribution is 5.60. The minimum Gasteiger partial charge on any atom is -0.308 e. The van der Waals surface area contributed by atoms with Gasteiger partial charge in [-0.25, -0.2) is 20.2 Å². The second kappa shape index (κ2) is 5.17. The fourth-order valence-electron chi connectivity index (χ4n) is 2.57. The van der Waals surface area contributed by atoms with Crippen LogP contribution in [0.2, 0.25) is 0 Å². The summed E-state index contributed by atoms with van der Waals surface area (Å²) < 4.78 is 13.7. The Bertz CT molecular complexity index is 637.